The summed E-state index contributed by atoms with van der Waals surface area (Å²) in [5, 5.41) is 0. The van der Waals surface area contributed by atoms with E-state index in [-0.39, 0.29) is 0 Å². The van der Waals surface area contributed by atoms with Gasteiger partial charge >= 0.3 is 6.29 Å². The Morgan fingerprint density at radius 1 is 1.38 bits per heavy atom. The van der Waals surface area contributed by atoms with Crippen LogP contribution in [0, 0.1) is 0 Å². The molecule has 0 fully saturated rings. The van der Waals surface area contributed by atoms with Gasteiger partial charge in [0, 0.05) is 6.08 Å². The van der Waals surface area contributed by atoms with E-state index < -0.39 is 0 Å². The summed E-state index contributed by atoms with van der Waals surface area (Å²) in [7, 11) is 0. The van der Waals surface area contributed by atoms with E-state index in [1.165, 1.54) is 6.08 Å². The van der Waals surface area contributed by atoms with Gasteiger partial charge < -0.3 is 0 Å². The number of rotatable bonds is 2. The molecule has 1 N–H and O–H groups in total. The first kappa shape index (κ1) is 6.93. The molecule has 8 heavy (non-hydrogen) atoms. The van der Waals surface area contributed by atoms with Gasteiger partial charge in [-0.1, -0.05) is 0 Å². The maximum absolute atomic E-state index is 8.10. The predicted octanol–water partition coefficient (Wildman–Crippen LogP) is 1.45. The molecule has 0 aliphatic rings. The molecule has 42 valence electrons. The van der Waals surface area contributed by atoms with Gasteiger partial charge in [-0.05, 0) is 25.2 Å². The van der Waals surface area contributed by atoms with Crippen LogP contribution in [0.5, 0.6) is 0 Å². The summed E-state index contributed by atoms with van der Waals surface area (Å²) in [6.07, 6.45) is 7.71. The highest BCUT2D eigenvalue weighted by Gasteiger charge is 1.61. The van der Waals surface area contributed by atoms with E-state index in [4.69, 9.17) is 4.79 Å². The zero-order valence-electron chi connectivity index (χ0n) is 4.83. The van der Waals surface area contributed by atoms with Gasteiger partial charge in [-0.3, -0.25) is 4.79 Å². The molecule has 0 saturated heterocycles. The van der Waals surface area contributed by atoms with Gasteiger partial charge in [0.2, 0.25) is 0 Å². The lowest BCUT2D eigenvalue weighted by atomic mass is 10.5. The summed E-state index contributed by atoms with van der Waals surface area (Å²) in [6, 6.07) is 0. The summed E-state index contributed by atoms with van der Waals surface area (Å²) in [5.74, 6) is 0. The fraction of sp³-hybridized carbons (Fsp3) is 0.143. The van der Waals surface area contributed by atoms with Crippen LogP contribution in [0.25, 0.3) is 0 Å². The molecule has 0 heterocycles. The molecule has 0 aromatic heterocycles. The Kier molecular flexibility index (Phi) is 5.14. The van der Waals surface area contributed by atoms with E-state index in [0.29, 0.717) is 0 Å². The van der Waals surface area contributed by atoms with Crippen LogP contribution in [0.1, 0.15) is 6.92 Å². The molecule has 0 spiro atoms. The van der Waals surface area contributed by atoms with Crippen molar-refractivity contribution in [1.29, 1.82) is 0 Å². The van der Waals surface area contributed by atoms with Gasteiger partial charge in [0.15, 0.2) is 0 Å². The van der Waals surface area contributed by atoms with Crippen molar-refractivity contribution in [3.05, 3.63) is 30.0 Å². The molecule has 0 saturated carbocycles. The van der Waals surface area contributed by atoms with E-state index in [1.807, 2.05) is 6.92 Å². The summed E-state index contributed by atoms with van der Waals surface area (Å²) in [6.45, 7) is 1.88. The normalized spacial score (nSPS) is 8.12. The van der Waals surface area contributed by atoms with Crippen LogP contribution in [0.3, 0.4) is 0 Å². The zero-order chi connectivity index (χ0) is 6.24. The SMILES string of the molecule is CC=C=C/C=C\C=[OH+]. The second-order valence-corrected chi connectivity index (χ2v) is 1.16. The summed E-state index contributed by atoms with van der Waals surface area (Å²) in [5.41, 5.74) is 2.82. The van der Waals surface area contributed by atoms with Gasteiger partial charge in [0.05, 0.1) is 0 Å². The minimum atomic E-state index is 0.980. The number of hydrogen-bond acceptors (Lipinski definition) is 0. The van der Waals surface area contributed by atoms with Crippen LogP contribution >= 0.6 is 0 Å². The third-order valence-electron chi connectivity index (χ3n) is 0.556. The highest BCUT2D eigenvalue weighted by Crippen LogP contribution is 1.69. The van der Waals surface area contributed by atoms with Crippen molar-refractivity contribution in [3.63, 3.8) is 0 Å². The Morgan fingerprint density at radius 3 is 2.62 bits per heavy atom. The van der Waals surface area contributed by atoms with Crippen LogP contribution < -0.4 is 0 Å². The first-order valence-electron chi connectivity index (χ1n) is 2.41. The molecule has 0 aliphatic carbocycles. The molecule has 0 aromatic rings. The maximum atomic E-state index is 8.10. The molecular weight excluding hydrogens is 100 g/mol. The van der Waals surface area contributed by atoms with E-state index in [1.54, 1.807) is 18.2 Å². The first-order chi connectivity index (χ1) is 3.91. The fourth-order valence-corrected chi connectivity index (χ4v) is 0.257. The maximum Gasteiger partial charge on any atom is 0.305 e. The van der Waals surface area contributed by atoms with E-state index >= 15 is 0 Å². The molecular formula is C7H9O+. The number of hydrogen-bond donors (Lipinski definition) is 0. The molecule has 0 atom stereocenters. The highest BCUT2D eigenvalue weighted by molar-refractivity contribution is 5.66. The van der Waals surface area contributed by atoms with Gasteiger partial charge in [0.1, 0.15) is 0 Å². The van der Waals surface area contributed by atoms with Crippen LogP contribution in [-0.2, 0) is 0 Å². The molecule has 0 rings (SSSR count). The van der Waals surface area contributed by atoms with Crippen LogP contribution in [0.2, 0.25) is 0 Å². The standard InChI is InChI=1S/C7H8O/c1-2-3-4-5-6-7-8/h2,4-7H,1H3/p+1/b6-5-. The largest absolute Gasteiger partial charge is 0.305 e. The first-order valence-corrected chi connectivity index (χ1v) is 2.41. The van der Waals surface area contributed by atoms with Crippen LogP contribution in [-0.4, -0.2) is 11.1 Å². The lowest BCUT2D eigenvalue weighted by Gasteiger charge is -1.58. The van der Waals surface area contributed by atoms with Crippen molar-refractivity contribution in [2.45, 2.75) is 6.92 Å². The number of allylic oxidation sites excluding steroid dienone is 3. The zero-order valence-corrected chi connectivity index (χ0v) is 4.83. The highest BCUT2D eigenvalue weighted by atomic mass is 16.1. The Balaban J connectivity index is 3.58. The number of aldehydes is 1. The molecule has 0 aliphatic heterocycles. The van der Waals surface area contributed by atoms with Crippen molar-refractivity contribution in [3.8, 4) is 0 Å². The molecule has 0 aromatic carbocycles. The smallest absolute Gasteiger partial charge is 0.282 e. The topological polar surface area (TPSA) is 21.4 Å². The average Bonchev–Trinajstić information content (AvgIpc) is 1.81. The minimum Gasteiger partial charge on any atom is -0.282 e. The van der Waals surface area contributed by atoms with Crippen LogP contribution in [0.15, 0.2) is 30.0 Å². The Hall–Kier alpha value is -1.07. The quantitative estimate of drug-likeness (QED) is 0.168. The predicted molar refractivity (Wildman–Crippen MR) is 35.5 cm³/mol. The third kappa shape index (κ3) is 4.93. The second-order valence-electron chi connectivity index (χ2n) is 1.16. The monoisotopic (exact) mass is 109 g/mol. The fourth-order valence-electron chi connectivity index (χ4n) is 0.257. The van der Waals surface area contributed by atoms with E-state index in [0.717, 1.165) is 6.29 Å². The Morgan fingerprint density at radius 2 is 2.12 bits per heavy atom. The minimum absolute atomic E-state index is 0.980. The van der Waals surface area contributed by atoms with E-state index in [9.17, 15) is 0 Å². The van der Waals surface area contributed by atoms with Crippen molar-refractivity contribution < 1.29 is 4.79 Å². The average molecular weight is 109 g/mol. The summed E-state index contributed by atoms with van der Waals surface area (Å²) >= 11 is 0. The van der Waals surface area contributed by atoms with E-state index in [2.05, 4.69) is 5.73 Å². The Labute approximate surface area is 49.0 Å². The summed E-state index contributed by atoms with van der Waals surface area (Å²) < 4.78 is 0. The van der Waals surface area contributed by atoms with Gasteiger partial charge in [-0.2, -0.15) is 0 Å². The molecule has 0 bridgehead atoms. The second kappa shape index (κ2) is 5.93. The van der Waals surface area contributed by atoms with Crippen molar-refractivity contribution >= 4 is 6.29 Å². The van der Waals surface area contributed by atoms with Crippen molar-refractivity contribution in [1.82, 2.24) is 0 Å². The van der Waals surface area contributed by atoms with Gasteiger partial charge in [0.25, 0.3) is 0 Å². The molecule has 0 unspecified atom stereocenters. The number of carbonyl (C=O) groups excluding carboxylic acids is 1. The molecule has 0 amide bonds. The van der Waals surface area contributed by atoms with Gasteiger partial charge in [-0.15, -0.1) is 5.73 Å². The van der Waals surface area contributed by atoms with Crippen molar-refractivity contribution in [2.75, 3.05) is 0 Å². The summed E-state index contributed by atoms with van der Waals surface area (Å²) in [4.78, 5) is 8.10. The third-order valence-corrected chi connectivity index (χ3v) is 0.556. The van der Waals surface area contributed by atoms with Crippen molar-refractivity contribution in [2.24, 2.45) is 0 Å². The lowest BCUT2D eigenvalue weighted by Crippen LogP contribution is -1.54. The molecule has 0 radical (unpaired) electrons. The van der Waals surface area contributed by atoms with Gasteiger partial charge in [-0.25, -0.2) is 0 Å². The molecule has 1 nitrogen and oxygen atoms in total. The van der Waals surface area contributed by atoms with Crippen LogP contribution in [0.4, 0.5) is 0 Å². The lowest BCUT2D eigenvalue weighted by molar-refractivity contribution is 0.697. The Bertz CT molecular complexity index is 136. The molecule has 1 heteroatoms.